The van der Waals surface area contributed by atoms with Crippen molar-refractivity contribution in [3.63, 3.8) is 0 Å². The number of fused-ring (bicyclic) bond motifs is 3. The number of benzene rings is 2. The quantitative estimate of drug-likeness (QED) is 0.523. The Balaban J connectivity index is 2.26. The minimum Gasteiger partial charge on any atom is -0.207 e. The molecule has 1 aliphatic rings. The van der Waals surface area contributed by atoms with Crippen LogP contribution < -0.4 is 0 Å². The predicted molar refractivity (Wildman–Crippen MR) is 54.6 cm³/mol. The molecule has 0 unspecified atom stereocenters. The van der Waals surface area contributed by atoms with Crippen LogP contribution in [0.15, 0.2) is 36.4 Å². The Morgan fingerprint density at radius 2 is 1.47 bits per heavy atom. The van der Waals surface area contributed by atoms with E-state index in [-0.39, 0.29) is 11.6 Å². The molecule has 3 rings (SSSR count). The predicted octanol–water partition coefficient (Wildman–Crippen LogP) is 3.54. The summed E-state index contributed by atoms with van der Waals surface area (Å²) in [4.78, 5) is 0. The standard InChI is InChI=1S/C13H8F2/c14-10-3-4-12-9(6-10)5-8-1-2-11(15)7-13(8)12/h1-4,6-7H,5H2. The second-order valence-electron chi connectivity index (χ2n) is 3.78. The van der Waals surface area contributed by atoms with Crippen LogP contribution in [0, 0.1) is 11.6 Å². The minimum atomic E-state index is -0.245. The molecule has 0 atom stereocenters. The van der Waals surface area contributed by atoms with E-state index in [4.69, 9.17) is 0 Å². The van der Waals surface area contributed by atoms with Crippen LogP contribution in [-0.4, -0.2) is 0 Å². The molecular weight excluding hydrogens is 194 g/mol. The van der Waals surface area contributed by atoms with Gasteiger partial charge in [0.2, 0.25) is 0 Å². The molecule has 0 heterocycles. The molecule has 2 aromatic rings. The van der Waals surface area contributed by atoms with Crippen molar-refractivity contribution in [2.45, 2.75) is 6.42 Å². The largest absolute Gasteiger partial charge is 0.207 e. The zero-order chi connectivity index (χ0) is 10.4. The van der Waals surface area contributed by atoms with Crippen LogP contribution in [0.3, 0.4) is 0 Å². The maximum Gasteiger partial charge on any atom is 0.123 e. The van der Waals surface area contributed by atoms with Gasteiger partial charge in [-0.1, -0.05) is 12.1 Å². The topological polar surface area (TPSA) is 0 Å². The number of rotatable bonds is 0. The first kappa shape index (κ1) is 8.60. The van der Waals surface area contributed by atoms with E-state index in [9.17, 15) is 8.78 Å². The lowest BCUT2D eigenvalue weighted by Gasteiger charge is -2.00. The second kappa shape index (κ2) is 2.89. The van der Waals surface area contributed by atoms with Gasteiger partial charge in [-0.15, -0.1) is 0 Å². The fourth-order valence-electron chi connectivity index (χ4n) is 2.13. The molecular formula is C13H8F2. The Labute approximate surface area is 86.2 Å². The number of hydrogen-bond acceptors (Lipinski definition) is 0. The molecule has 0 N–H and O–H groups in total. The molecule has 0 bridgehead atoms. The molecule has 0 nitrogen and oxygen atoms in total. The number of halogens is 2. The van der Waals surface area contributed by atoms with Gasteiger partial charge in [0.25, 0.3) is 0 Å². The summed E-state index contributed by atoms with van der Waals surface area (Å²) in [5, 5.41) is 0. The molecule has 15 heavy (non-hydrogen) atoms. The zero-order valence-corrected chi connectivity index (χ0v) is 7.93. The molecule has 0 spiro atoms. The van der Waals surface area contributed by atoms with E-state index in [0.29, 0.717) is 6.42 Å². The Bertz CT molecular complexity index is 544. The van der Waals surface area contributed by atoms with Crippen LogP contribution in [0.1, 0.15) is 11.1 Å². The van der Waals surface area contributed by atoms with Crippen molar-refractivity contribution >= 4 is 0 Å². The summed E-state index contributed by atoms with van der Waals surface area (Å²) >= 11 is 0. The van der Waals surface area contributed by atoms with Crippen molar-refractivity contribution < 1.29 is 8.78 Å². The SMILES string of the molecule is Fc1ccc2c(c1)Cc1ccc(F)cc1-2. The lowest BCUT2D eigenvalue weighted by Crippen LogP contribution is -1.81. The fraction of sp³-hybridized carbons (Fsp3) is 0.0769. The zero-order valence-electron chi connectivity index (χ0n) is 7.93. The minimum absolute atomic E-state index is 0.234. The molecule has 0 saturated heterocycles. The summed E-state index contributed by atoms with van der Waals surface area (Å²) in [5.74, 6) is -0.479. The average Bonchev–Trinajstić information content (AvgIpc) is 2.54. The van der Waals surface area contributed by atoms with Gasteiger partial charge in [-0.25, -0.2) is 8.78 Å². The lowest BCUT2D eigenvalue weighted by molar-refractivity contribution is 0.626. The monoisotopic (exact) mass is 202 g/mol. The highest BCUT2D eigenvalue weighted by Crippen LogP contribution is 2.36. The molecule has 0 radical (unpaired) electrons. The molecule has 0 saturated carbocycles. The van der Waals surface area contributed by atoms with Crippen LogP contribution in [-0.2, 0) is 6.42 Å². The molecule has 74 valence electrons. The Hall–Kier alpha value is -1.70. The second-order valence-corrected chi connectivity index (χ2v) is 3.78. The number of hydrogen-bond donors (Lipinski definition) is 0. The van der Waals surface area contributed by atoms with Crippen molar-refractivity contribution in [1.29, 1.82) is 0 Å². The first-order valence-electron chi connectivity index (χ1n) is 4.81. The van der Waals surface area contributed by atoms with Crippen molar-refractivity contribution in [2.75, 3.05) is 0 Å². The third-order valence-electron chi connectivity index (χ3n) is 2.81. The van der Waals surface area contributed by atoms with Gasteiger partial charge in [-0.3, -0.25) is 0 Å². The van der Waals surface area contributed by atoms with E-state index in [1.54, 1.807) is 12.1 Å². The van der Waals surface area contributed by atoms with Gasteiger partial charge in [0, 0.05) is 0 Å². The van der Waals surface area contributed by atoms with E-state index < -0.39 is 0 Å². The first-order chi connectivity index (χ1) is 7.24. The average molecular weight is 202 g/mol. The Morgan fingerprint density at radius 1 is 0.733 bits per heavy atom. The maximum atomic E-state index is 13.1. The molecule has 0 fully saturated rings. The molecule has 0 aromatic heterocycles. The normalized spacial score (nSPS) is 12.4. The van der Waals surface area contributed by atoms with Gasteiger partial charge >= 0.3 is 0 Å². The summed E-state index contributed by atoms with van der Waals surface area (Å²) in [5.41, 5.74) is 3.85. The summed E-state index contributed by atoms with van der Waals surface area (Å²) in [6.07, 6.45) is 0.697. The third-order valence-corrected chi connectivity index (χ3v) is 2.81. The molecule has 1 aliphatic carbocycles. The van der Waals surface area contributed by atoms with E-state index in [1.807, 2.05) is 0 Å². The summed E-state index contributed by atoms with van der Waals surface area (Å²) in [6.45, 7) is 0. The van der Waals surface area contributed by atoms with Gasteiger partial charge in [0.15, 0.2) is 0 Å². The van der Waals surface area contributed by atoms with E-state index >= 15 is 0 Å². The van der Waals surface area contributed by atoms with Gasteiger partial charge < -0.3 is 0 Å². The van der Waals surface area contributed by atoms with Gasteiger partial charge in [-0.2, -0.15) is 0 Å². The van der Waals surface area contributed by atoms with Crippen molar-refractivity contribution in [1.82, 2.24) is 0 Å². The molecule has 2 heteroatoms. The van der Waals surface area contributed by atoms with Crippen LogP contribution in [0.4, 0.5) is 8.78 Å². The summed E-state index contributed by atoms with van der Waals surface area (Å²) in [6, 6.07) is 9.38. The van der Waals surface area contributed by atoms with Crippen molar-refractivity contribution in [2.24, 2.45) is 0 Å². The highest BCUT2D eigenvalue weighted by Gasteiger charge is 2.18. The Morgan fingerprint density at radius 3 is 2.33 bits per heavy atom. The van der Waals surface area contributed by atoms with E-state index in [0.717, 1.165) is 22.3 Å². The van der Waals surface area contributed by atoms with Crippen molar-refractivity contribution in [3.8, 4) is 11.1 Å². The van der Waals surface area contributed by atoms with Crippen molar-refractivity contribution in [3.05, 3.63) is 59.2 Å². The smallest absolute Gasteiger partial charge is 0.123 e. The third kappa shape index (κ3) is 1.25. The van der Waals surface area contributed by atoms with Gasteiger partial charge in [0.05, 0.1) is 0 Å². The van der Waals surface area contributed by atoms with Crippen LogP contribution in [0.25, 0.3) is 11.1 Å². The van der Waals surface area contributed by atoms with E-state index in [2.05, 4.69) is 0 Å². The Kier molecular flexibility index (Phi) is 1.66. The molecule has 0 amide bonds. The molecule has 0 aliphatic heterocycles. The van der Waals surface area contributed by atoms with Gasteiger partial charge in [-0.05, 0) is 52.9 Å². The highest BCUT2D eigenvalue weighted by molar-refractivity contribution is 5.76. The van der Waals surface area contributed by atoms with Crippen LogP contribution in [0.5, 0.6) is 0 Å². The first-order valence-corrected chi connectivity index (χ1v) is 4.81. The highest BCUT2D eigenvalue weighted by atomic mass is 19.1. The van der Waals surface area contributed by atoms with Gasteiger partial charge in [0.1, 0.15) is 11.6 Å². The van der Waals surface area contributed by atoms with Crippen LogP contribution in [0.2, 0.25) is 0 Å². The molecule has 2 aromatic carbocycles. The van der Waals surface area contributed by atoms with E-state index in [1.165, 1.54) is 24.3 Å². The summed E-state index contributed by atoms with van der Waals surface area (Å²) < 4.78 is 26.1. The van der Waals surface area contributed by atoms with Crippen LogP contribution >= 0.6 is 0 Å². The maximum absolute atomic E-state index is 13.1. The fourth-order valence-corrected chi connectivity index (χ4v) is 2.13. The summed E-state index contributed by atoms with van der Waals surface area (Å²) in [7, 11) is 0. The lowest BCUT2D eigenvalue weighted by atomic mass is 10.1.